The summed E-state index contributed by atoms with van der Waals surface area (Å²) in [6, 6.07) is 47.8. The third kappa shape index (κ3) is 4.20. The molecule has 0 bridgehead atoms. The summed E-state index contributed by atoms with van der Waals surface area (Å²) in [5.74, 6) is 2.74. The maximum atomic E-state index is 6.70. The van der Waals surface area contributed by atoms with Crippen molar-refractivity contribution in [2.75, 3.05) is 0 Å². The first-order valence-corrected chi connectivity index (χ1v) is 16.8. The molecule has 0 amide bonds. The first-order valence-electron chi connectivity index (χ1n) is 16.0. The van der Waals surface area contributed by atoms with Crippen LogP contribution in [0.2, 0.25) is 0 Å². The third-order valence-corrected chi connectivity index (χ3v) is 10.4. The maximum Gasteiger partial charge on any atom is 0.165 e. The average Bonchev–Trinajstić information content (AvgIpc) is 3.74. The molecule has 1 aliphatic rings. The van der Waals surface area contributed by atoms with Gasteiger partial charge >= 0.3 is 0 Å². The van der Waals surface area contributed by atoms with Crippen LogP contribution in [-0.4, -0.2) is 15.0 Å². The molecule has 0 saturated carbocycles. The molecule has 5 nitrogen and oxygen atoms in total. The van der Waals surface area contributed by atoms with Gasteiger partial charge in [-0.05, 0) is 34.5 Å². The summed E-state index contributed by atoms with van der Waals surface area (Å²) in [5.41, 5.74) is 5.89. The lowest BCUT2D eigenvalue weighted by molar-refractivity contribution is 0.569. The molecule has 48 heavy (non-hydrogen) atoms. The highest BCUT2D eigenvalue weighted by molar-refractivity contribution is 7.26. The second-order valence-electron chi connectivity index (χ2n) is 12.0. The molecule has 1 aliphatic heterocycles. The molecule has 1 N–H and O–H groups in total. The molecule has 0 fully saturated rings. The summed E-state index contributed by atoms with van der Waals surface area (Å²) in [4.78, 5) is 15.5. The van der Waals surface area contributed by atoms with E-state index in [-0.39, 0.29) is 6.04 Å². The Bertz CT molecular complexity index is 2720. The standard InChI is InChI=1S/C42H26N4OS/c1-2-13-26(14-3-1)40-44-41(32-21-11-20-30-29-17-7-9-23-35(29)48-39(30)32)46-42(45-40)37-36-31-18-6-8-22-34(31)47-38(36)33(24-43-37)28-19-10-15-25-12-4-5-16-27(25)28/h1-24,37,43H. The van der Waals surface area contributed by atoms with E-state index < -0.39 is 0 Å². The van der Waals surface area contributed by atoms with Gasteiger partial charge in [0, 0.05) is 54.0 Å². The smallest absolute Gasteiger partial charge is 0.165 e. The molecule has 6 aromatic carbocycles. The normalized spacial score (nSPS) is 14.3. The number of aromatic nitrogens is 3. The van der Waals surface area contributed by atoms with Crippen LogP contribution in [0.3, 0.4) is 0 Å². The van der Waals surface area contributed by atoms with Gasteiger partial charge in [0.25, 0.3) is 0 Å². The molecule has 0 saturated heterocycles. The molecule has 10 rings (SSSR count). The van der Waals surface area contributed by atoms with Crippen molar-refractivity contribution in [3.63, 3.8) is 0 Å². The lowest BCUT2D eigenvalue weighted by Crippen LogP contribution is -2.25. The van der Waals surface area contributed by atoms with Crippen molar-refractivity contribution >= 4 is 58.8 Å². The van der Waals surface area contributed by atoms with Crippen molar-refractivity contribution in [1.82, 2.24) is 20.3 Å². The largest absolute Gasteiger partial charge is 0.456 e. The van der Waals surface area contributed by atoms with Crippen LogP contribution >= 0.6 is 11.3 Å². The van der Waals surface area contributed by atoms with E-state index in [0.29, 0.717) is 17.5 Å². The Morgan fingerprint density at radius 2 is 1.25 bits per heavy atom. The Labute approximate surface area is 279 Å². The Balaban J connectivity index is 1.21. The number of hydrogen-bond acceptors (Lipinski definition) is 6. The van der Waals surface area contributed by atoms with E-state index in [1.165, 1.54) is 30.9 Å². The van der Waals surface area contributed by atoms with Gasteiger partial charge in [-0.25, -0.2) is 15.0 Å². The third-order valence-electron chi connectivity index (χ3n) is 9.23. The van der Waals surface area contributed by atoms with E-state index in [0.717, 1.165) is 44.6 Å². The molecular formula is C42H26N4OS. The van der Waals surface area contributed by atoms with Crippen LogP contribution in [0.25, 0.3) is 70.3 Å². The van der Waals surface area contributed by atoms with Crippen molar-refractivity contribution in [3.8, 4) is 22.8 Å². The molecular weight excluding hydrogens is 609 g/mol. The molecule has 4 heterocycles. The summed E-state index contributed by atoms with van der Waals surface area (Å²) in [6.07, 6.45) is 2.06. The minimum Gasteiger partial charge on any atom is -0.456 e. The van der Waals surface area contributed by atoms with E-state index >= 15 is 0 Å². The fraction of sp³-hybridized carbons (Fsp3) is 0.0238. The Kier molecular flexibility index (Phi) is 6.04. The quantitative estimate of drug-likeness (QED) is 0.209. The number of thiophene rings is 1. The van der Waals surface area contributed by atoms with Crippen molar-refractivity contribution in [3.05, 3.63) is 168 Å². The van der Waals surface area contributed by atoms with Crippen LogP contribution in [0.15, 0.2) is 150 Å². The van der Waals surface area contributed by atoms with Gasteiger partial charge < -0.3 is 9.73 Å². The predicted octanol–water partition coefficient (Wildman–Crippen LogP) is 10.6. The van der Waals surface area contributed by atoms with E-state index in [9.17, 15) is 0 Å². The van der Waals surface area contributed by atoms with Gasteiger partial charge in [0.15, 0.2) is 17.5 Å². The molecule has 0 aliphatic carbocycles. The molecule has 0 spiro atoms. The molecule has 6 heteroatoms. The van der Waals surface area contributed by atoms with Gasteiger partial charge in [-0.2, -0.15) is 0 Å². The van der Waals surface area contributed by atoms with Crippen molar-refractivity contribution in [2.45, 2.75) is 6.04 Å². The highest BCUT2D eigenvalue weighted by atomic mass is 32.1. The molecule has 226 valence electrons. The number of para-hydroxylation sites is 1. The van der Waals surface area contributed by atoms with Crippen LogP contribution < -0.4 is 5.32 Å². The zero-order valence-corrected chi connectivity index (χ0v) is 26.4. The minimum atomic E-state index is -0.367. The molecule has 9 aromatic rings. The average molecular weight is 635 g/mol. The van der Waals surface area contributed by atoms with Crippen LogP contribution in [0, 0.1) is 0 Å². The fourth-order valence-corrected chi connectivity index (χ4v) is 8.22. The van der Waals surface area contributed by atoms with E-state index in [1.54, 1.807) is 11.3 Å². The van der Waals surface area contributed by atoms with Crippen molar-refractivity contribution in [1.29, 1.82) is 0 Å². The predicted molar refractivity (Wildman–Crippen MR) is 196 cm³/mol. The number of benzene rings is 6. The first kappa shape index (κ1) is 27.0. The molecule has 0 radical (unpaired) electrons. The molecule has 3 aromatic heterocycles. The van der Waals surface area contributed by atoms with Crippen LogP contribution in [0.1, 0.15) is 28.8 Å². The summed E-state index contributed by atoms with van der Waals surface area (Å²) in [6.45, 7) is 0. The van der Waals surface area contributed by atoms with Gasteiger partial charge in [0.05, 0.1) is 0 Å². The molecule has 1 atom stereocenters. The number of furan rings is 1. The molecule has 1 unspecified atom stereocenters. The Morgan fingerprint density at radius 1 is 0.562 bits per heavy atom. The Morgan fingerprint density at radius 3 is 2.17 bits per heavy atom. The lowest BCUT2D eigenvalue weighted by atomic mass is 9.90. The number of nitrogens with one attached hydrogen (secondary N) is 1. The topological polar surface area (TPSA) is 63.8 Å². The summed E-state index contributed by atoms with van der Waals surface area (Å²) >= 11 is 1.78. The minimum absolute atomic E-state index is 0.367. The second kappa shape index (κ2) is 10.7. The van der Waals surface area contributed by atoms with Gasteiger partial charge in [-0.1, -0.05) is 121 Å². The highest BCUT2D eigenvalue weighted by Gasteiger charge is 2.33. The van der Waals surface area contributed by atoms with Crippen LogP contribution in [0.5, 0.6) is 0 Å². The van der Waals surface area contributed by atoms with Gasteiger partial charge in [-0.3, -0.25) is 0 Å². The van der Waals surface area contributed by atoms with Crippen LogP contribution in [0.4, 0.5) is 0 Å². The lowest BCUT2D eigenvalue weighted by Gasteiger charge is -2.24. The highest BCUT2D eigenvalue weighted by Crippen LogP contribution is 2.44. The van der Waals surface area contributed by atoms with Crippen molar-refractivity contribution in [2.24, 2.45) is 0 Å². The SMILES string of the molecule is C1=C(c2cccc3ccccc23)c2oc3ccccc3c2C(c2nc(-c3ccccc3)nc(-c3cccc4c3sc3ccccc34)n2)N1. The second-order valence-corrected chi connectivity index (χ2v) is 13.1. The number of rotatable bonds is 4. The summed E-state index contributed by atoms with van der Waals surface area (Å²) in [7, 11) is 0. The van der Waals surface area contributed by atoms with Gasteiger partial charge in [0.2, 0.25) is 0 Å². The van der Waals surface area contributed by atoms with Gasteiger partial charge in [0.1, 0.15) is 17.4 Å². The van der Waals surface area contributed by atoms with Gasteiger partial charge in [-0.15, -0.1) is 11.3 Å². The van der Waals surface area contributed by atoms with E-state index in [2.05, 4.69) is 121 Å². The van der Waals surface area contributed by atoms with Crippen molar-refractivity contribution < 1.29 is 4.42 Å². The monoisotopic (exact) mass is 634 g/mol. The summed E-state index contributed by atoms with van der Waals surface area (Å²) < 4.78 is 9.11. The first-order chi connectivity index (χ1) is 23.8. The zero-order valence-electron chi connectivity index (χ0n) is 25.6. The maximum absolute atomic E-state index is 6.70. The van der Waals surface area contributed by atoms with Crippen LogP contribution in [-0.2, 0) is 0 Å². The number of fused-ring (bicyclic) bond motifs is 7. The fourth-order valence-electron chi connectivity index (χ4n) is 7.01. The van der Waals surface area contributed by atoms with E-state index in [1.807, 2.05) is 30.3 Å². The zero-order chi connectivity index (χ0) is 31.6. The number of hydrogen-bond donors (Lipinski definition) is 1. The summed E-state index contributed by atoms with van der Waals surface area (Å²) in [5, 5.41) is 9.56. The Hall–Kier alpha value is -6.11. The van der Waals surface area contributed by atoms with E-state index in [4.69, 9.17) is 19.4 Å². The number of nitrogens with zero attached hydrogens (tertiary/aromatic N) is 3.